The summed E-state index contributed by atoms with van der Waals surface area (Å²) in [5.41, 5.74) is 3.35. The number of hydrogen-bond acceptors (Lipinski definition) is 3. The second kappa shape index (κ2) is 4.89. The molecule has 100 valence electrons. The molecule has 1 atom stereocenters. The number of halogens is 1. The highest BCUT2D eigenvalue weighted by atomic mass is 79.9. The largest absolute Gasteiger partial charge is 0.488 e. The van der Waals surface area contributed by atoms with Crippen molar-refractivity contribution < 1.29 is 4.74 Å². The molecule has 4 nitrogen and oxygen atoms in total. The molecule has 0 saturated carbocycles. The normalized spacial score (nSPS) is 17.1. The Balaban J connectivity index is 1.63. The molecule has 1 aromatic heterocycles. The first-order valence-corrected chi connectivity index (χ1v) is 7.10. The number of nitrogens with zero attached hydrogens (tertiary/aromatic N) is 2. The highest BCUT2D eigenvalue weighted by Gasteiger charge is 2.22. The molecular formula is C14H16BrN3O. The van der Waals surface area contributed by atoms with Crippen molar-refractivity contribution in [2.45, 2.75) is 19.4 Å². The van der Waals surface area contributed by atoms with Gasteiger partial charge in [0.2, 0.25) is 0 Å². The molecule has 0 fully saturated rings. The number of aryl methyl sites for hydroxylation is 2. The molecule has 2 heterocycles. The van der Waals surface area contributed by atoms with Gasteiger partial charge in [0.25, 0.3) is 0 Å². The molecule has 0 radical (unpaired) electrons. The van der Waals surface area contributed by atoms with Crippen LogP contribution >= 0.6 is 15.9 Å². The lowest BCUT2D eigenvalue weighted by molar-refractivity contribution is 0.246. The van der Waals surface area contributed by atoms with Crippen molar-refractivity contribution in [2.75, 3.05) is 11.9 Å². The summed E-state index contributed by atoms with van der Waals surface area (Å²) in [6.45, 7) is 2.79. The third-order valence-electron chi connectivity index (χ3n) is 3.30. The van der Waals surface area contributed by atoms with Crippen molar-refractivity contribution in [3.05, 3.63) is 40.1 Å². The summed E-state index contributed by atoms with van der Waals surface area (Å²) in [4.78, 5) is 0. The van der Waals surface area contributed by atoms with Gasteiger partial charge in [-0.05, 0) is 30.7 Å². The standard InChI is InChI=1S/C14H16BrN3O/c1-9-13(8-18(2)17-9)16-7-12-6-10-5-11(15)3-4-14(10)19-12/h3-5,8,12,16H,6-7H2,1-2H3. The Morgan fingerprint density at radius 1 is 1.53 bits per heavy atom. The topological polar surface area (TPSA) is 39.1 Å². The number of ether oxygens (including phenoxy) is 1. The first kappa shape index (κ1) is 12.5. The van der Waals surface area contributed by atoms with Crippen LogP contribution in [-0.4, -0.2) is 22.4 Å². The zero-order valence-electron chi connectivity index (χ0n) is 11.0. The second-order valence-corrected chi connectivity index (χ2v) is 5.79. The van der Waals surface area contributed by atoms with Crippen LogP contribution in [0.3, 0.4) is 0 Å². The van der Waals surface area contributed by atoms with Gasteiger partial charge in [-0.2, -0.15) is 5.10 Å². The van der Waals surface area contributed by atoms with Gasteiger partial charge >= 0.3 is 0 Å². The lowest BCUT2D eigenvalue weighted by Crippen LogP contribution is -2.24. The van der Waals surface area contributed by atoms with Gasteiger partial charge in [-0.3, -0.25) is 4.68 Å². The highest BCUT2D eigenvalue weighted by molar-refractivity contribution is 9.10. The number of fused-ring (bicyclic) bond motifs is 1. The van der Waals surface area contributed by atoms with E-state index in [1.165, 1.54) is 5.56 Å². The van der Waals surface area contributed by atoms with Gasteiger partial charge in [-0.25, -0.2) is 0 Å². The van der Waals surface area contributed by atoms with Crippen LogP contribution < -0.4 is 10.1 Å². The van der Waals surface area contributed by atoms with Crippen molar-refractivity contribution in [3.63, 3.8) is 0 Å². The van der Waals surface area contributed by atoms with Crippen molar-refractivity contribution in [2.24, 2.45) is 7.05 Å². The number of anilines is 1. The molecule has 2 aromatic rings. The number of benzene rings is 1. The Morgan fingerprint density at radius 2 is 2.37 bits per heavy atom. The molecule has 1 aliphatic rings. The van der Waals surface area contributed by atoms with Crippen LogP contribution in [0.1, 0.15) is 11.3 Å². The maximum atomic E-state index is 5.92. The summed E-state index contributed by atoms with van der Waals surface area (Å²) in [6.07, 6.45) is 3.12. The van der Waals surface area contributed by atoms with Crippen molar-refractivity contribution in [1.82, 2.24) is 9.78 Å². The van der Waals surface area contributed by atoms with Crippen molar-refractivity contribution >= 4 is 21.6 Å². The number of hydrogen-bond donors (Lipinski definition) is 1. The fourth-order valence-electron chi connectivity index (χ4n) is 2.40. The number of nitrogens with one attached hydrogen (secondary N) is 1. The molecular weight excluding hydrogens is 306 g/mol. The van der Waals surface area contributed by atoms with Crippen LogP contribution in [0.5, 0.6) is 5.75 Å². The minimum atomic E-state index is 0.184. The Morgan fingerprint density at radius 3 is 3.11 bits per heavy atom. The van der Waals surface area contributed by atoms with E-state index in [1.54, 1.807) is 0 Å². The predicted octanol–water partition coefficient (Wildman–Crippen LogP) is 2.91. The summed E-state index contributed by atoms with van der Waals surface area (Å²) in [5.74, 6) is 0.998. The van der Waals surface area contributed by atoms with Crippen molar-refractivity contribution in [1.29, 1.82) is 0 Å². The Labute approximate surface area is 120 Å². The first-order chi connectivity index (χ1) is 9.11. The molecule has 3 rings (SSSR count). The highest BCUT2D eigenvalue weighted by Crippen LogP contribution is 2.31. The van der Waals surface area contributed by atoms with Gasteiger partial charge < -0.3 is 10.1 Å². The van der Waals surface area contributed by atoms with Gasteiger partial charge in [0.15, 0.2) is 0 Å². The summed E-state index contributed by atoms with van der Waals surface area (Å²) < 4.78 is 8.84. The van der Waals surface area contributed by atoms with Crippen LogP contribution in [0.2, 0.25) is 0 Å². The van der Waals surface area contributed by atoms with Gasteiger partial charge in [0.05, 0.1) is 17.9 Å². The quantitative estimate of drug-likeness (QED) is 0.944. The Kier molecular flexibility index (Phi) is 3.22. The summed E-state index contributed by atoms with van der Waals surface area (Å²) in [7, 11) is 1.93. The van der Waals surface area contributed by atoms with E-state index >= 15 is 0 Å². The molecule has 0 aliphatic carbocycles. The zero-order chi connectivity index (χ0) is 13.4. The van der Waals surface area contributed by atoms with Crippen molar-refractivity contribution in [3.8, 4) is 5.75 Å². The lowest BCUT2D eigenvalue weighted by Gasteiger charge is -2.12. The minimum absolute atomic E-state index is 0.184. The van der Waals surface area contributed by atoms with E-state index in [0.717, 1.165) is 34.6 Å². The fourth-order valence-corrected chi connectivity index (χ4v) is 2.81. The minimum Gasteiger partial charge on any atom is -0.488 e. The molecule has 1 aromatic carbocycles. The average Bonchev–Trinajstić information content (AvgIpc) is 2.89. The first-order valence-electron chi connectivity index (χ1n) is 6.31. The summed E-state index contributed by atoms with van der Waals surface area (Å²) in [5, 5.41) is 7.72. The van der Waals surface area contributed by atoms with Crippen LogP contribution in [0.25, 0.3) is 0 Å². The van der Waals surface area contributed by atoms with Gasteiger partial charge in [0.1, 0.15) is 11.9 Å². The van der Waals surface area contributed by atoms with E-state index < -0.39 is 0 Å². The van der Waals surface area contributed by atoms with E-state index in [4.69, 9.17) is 4.74 Å². The average molecular weight is 322 g/mol. The third-order valence-corrected chi connectivity index (χ3v) is 3.79. The smallest absolute Gasteiger partial charge is 0.123 e. The zero-order valence-corrected chi connectivity index (χ0v) is 12.6. The molecule has 19 heavy (non-hydrogen) atoms. The molecule has 5 heteroatoms. The second-order valence-electron chi connectivity index (χ2n) is 4.88. The maximum Gasteiger partial charge on any atom is 0.123 e. The van der Waals surface area contributed by atoms with Gasteiger partial charge in [-0.1, -0.05) is 15.9 Å². The van der Waals surface area contributed by atoms with E-state index in [9.17, 15) is 0 Å². The Hall–Kier alpha value is -1.49. The number of rotatable bonds is 3. The molecule has 1 unspecified atom stereocenters. The predicted molar refractivity (Wildman–Crippen MR) is 78.7 cm³/mol. The molecule has 0 amide bonds. The summed E-state index contributed by atoms with van der Waals surface area (Å²) in [6, 6.07) is 6.17. The monoisotopic (exact) mass is 321 g/mol. The SMILES string of the molecule is Cc1nn(C)cc1NCC1Cc2cc(Br)ccc2O1. The van der Waals surface area contributed by atoms with E-state index in [2.05, 4.69) is 32.4 Å². The van der Waals surface area contributed by atoms with E-state index in [0.29, 0.717) is 0 Å². The maximum absolute atomic E-state index is 5.92. The van der Waals surface area contributed by atoms with E-state index in [-0.39, 0.29) is 6.10 Å². The van der Waals surface area contributed by atoms with Crippen LogP contribution in [0, 0.1) is 6.92 Å². The molecule has 1 N–H and O–H groups in total. The fraction of sp³-hybridized carbons (Fsp3) is 0.357. The molecule has 0 bridgehead atoms. The van der Waals surface area contributed by atoms with Gasteiger partial charge in [0, 0.05) is 24.1 Å². The molecule has 0 saturated heterocycles. The van der Waals surface area contributed by atoms with Gasteiger partial charge in [-0.15, -0.1) is 0 Å². The van der Waals surface area contributed by atoms with Crippen LogP contribution in [-0.2, 0) is 13.5 Å². The number of aromatic nitrogens is 2. The van der Waals surface area contributed by atoms with Crippen LogP contribution in [0.15, 0.2) is 28.9 Å². The molecule has 1 aliphatic heterocycles. The summed E-state index contributed by atoms with van der Waals surface area (Å²) >= 11 is 3.49. The Bertz CT molecular complexity index is 609. The van der Waals surface area contributed by atoms with Crippen LogP contribution in [0.4, 0.5) is 5.69 Å². The molecule has 0 spiro atoms. The third kappa shape index (κ3) is 2.61. The lowest BCUT2D eigenvalue weighted by atomic mass is 10.1. The van der Waals surface area contributed by atoms with E-state index in [1.807, 2.05) is 37.0 Å².